The summed E-state index contributed by atoms with van der Waals surface area (Å²) in [6, 6.07) is 16.2. The Bertz CT molecular complexity index is 620. The normalized spacial score (nSPS) is 9.29. The van der Waals surface area contributed by atoms with Crippen molar-refractivity contribution in [2.75, 3.05) is 12.4 Å². The number of benzene rings is 2. The molecule has 0 radical (unpaired) electrons. The molecule has 0 fully saturated rings. The fourth-order valence-corrected chi connectivity index (χ4v) is 2.05. The standard InChI is InChI=1S/C16H15NO.CH2Cl2/c1-12-5-3-4-6-15(12)16-11-14(18-2)8-7-13(16)9-10-17;2-1-3/h3-8,11H,9H2,1-2H3;1H2. The highest BCUT2D eigenvalue weighted by molar-refractivity contribution is 6.40. The minimum Gasteiger partial charge on any atom is -0.497 e. The van der Waals surface area contributed by atoms with Gasteiger partial charge in [-0.1, -0.05) is 30.3 Å². The molecule has 4 heteroatoms. The second-order valence-electron chi connectivity index (χ2n) is 4.27. The van der Waals surface area contributed by atoms with E-state index in [1.165, 1.54) is 5.56 Å². The van der Waals surface area contributed by atoms with Gasteiger partial charge >= 0.3 is 0 Å². The Labute approximate surface area is 135 Å². The van der Waals surface area contributed by atoms with Gasteiger partial charge in [-0.3, -0.25) is 0 Å². The van der Waals surface area contributed by atoms with E-state index in [1.54, 1.807) is 7.11 Å². The first-order valence-electron chi connectivity index (χ1n) is 6.39. The van der Waals surface area contributed by atoms with E-state index >= 15 is 0 Å². The third-order valence-corrected chi connectivity index (χ3v) is 3.02. The number of methoxy groups -OCH3 is 1. The zero-order chi connectivity index (χ0) is 15.7. The first-order chi connectivity index (χ1) is 10.2. The summed E-state index contributed by atoms with van der Waals surface area (Å²) in [4.78, 5) is 0. The van der Waals surface area contributed by atoms with E-state index in [1.807, 2.05) is 30.3 Å². The van der Waals surface area contributed by atoms with E-state index in [2.05, 4.69) is 25.1 Å². The Balaban J connectivity index is 0.000000677. The van der Waals surface area contributed by atoms with Crippen LogP contribution < -0.4 is 4.74 Å². The van der Waals surface area contributed by atoms with E-state index in [0.29, 0.717) is 6.42 Å². The van der Waals surface area contributed by atoms with Gasteiger partial charge in [0.2, 0.25) is 0 Å². The molecule has 0 saturated carbocycles. The predicted octanol–water partition coefficient (Wildman–Crippen LogP) is 5.16. The SMILES string of the molecule is COc1ccc(CC#N)c(-c2ccccc2C)c1.ClCCl. The Morgan fingerprint density at radius 3 is 2.33 bits per heavy atom. The molecule has 0 spiro atoms. The Hall–Kier alpha value is -1.69. The Morgan fingerprint density at radius 2 is 1.76 bits per heavy atom. The van der Waals surface area contributed by atoms with Crippen molar-refractivity contribution in [3.63, 3.8) is 0 Å². The molecular weight excluding hydrogens is 305 g/mol. The molecule has 0 aromatic heterocycles. The molecule has 2 aromatic carbocycles. The molecular formula is C17H17Cl2NO. The number of halogens is 2. The van der Waals surface area contributed by atoms with Gasteiger partial charge in [-0.15, -0.1) is 23.2 Å². The summed E-state index contributed by atoms with van der Waals surface area (Å²) in [5.41, 5.74) is 4.47. The van der Waals surface area contributed by atoms with Crippen LogP contribution in [0.1, 0.15) is 11.1 Å². The molecule has 21 heavy (non-hydrogen) atoms. The maximum Gasteiger partial charge on any atom is 0.119 e. The van der Waals surface area contributed by atoms with Crippen molar-refractivity contribution in [3.05, 3.63) is 53.6 Å². The minimum absolute atomic E-state index is 0.194. The van der Waals surface area contributed by atoms with Crippen LogP contribution in [0.25, 0.3) is 11.1 Å². The average molecular weight is 322 g/mol. The second-order valence-corrected chi connectivity index (χ2v) is 5.08. The summed E-state index contributed by atoms with van der Waals surface area (Å²) in [7, 11) is 1.65. The lowest BCUT2D eigenvalue weighted by molar-refractivity contribution is 0.415. The molecule has 0 amide bonds. The summed E-state index contributed by atoms with van der Waals surface area (Å²) in [5.74, 6) is 0.815. The van der Waals surface area contributed by atoms with Gasteiger partial charge in [0.1, 0.15) is 5.75 Å². The minimum atomic E-state index is 0.194. The van der Waals surface area contributed by atoms with Gasteiger partial charge in [0.15, 0.2) is 0 Å². The van der Waals surface area contributed by atoms with E-state index in [9.17, 15) is 0 Å². The van der Waals surface area contributed by atoms with Gasteiger partial charge in [0.05, 0.1) is 24.9 Å². The maximum atomic E-state index is 8.91. The van der Waals surface area contributed by atoms with Crippen LogP contribution in [0.4, 0.5) is 0 Å². The van der Waals surface area contributed by atoms with Gasteiger partial charge in [-0.2, -0.15) is 5.26 Å². The largest absolute Gasteiger partial charge is 0.497 e. The third kappa shape index (κ3) is 4.97. The second kappa shape index (κ2) is 9.28. The smallest absolute Gasteiger partial charge is 0.119 e. The van der Waals surface area contributed by atoms with Gasteiger partial charge in [-0.25, -0.2) is 0 Å². The van der Waals surface area contributed by atoms with Crippen molar-refractivity contribution in [3.8, 4) is 22.9 Å². The molecule has 0 aliphatic heterocycles. The van der Waals surface area contributed by atoms with Crippen LogP contribution in [0, 0.1) is 18.3 Å². The average Bonchev–Trinajstić information content (AvgIpc) is 2.49. The number of nitrogens with zero attached hydrogens (tertiary/aromatic N) is 1. The van der Waals surface area contributed by atoms with Gasteiger partial charge in [0, 0.05) is 0 Å². The number of rotatable bonds is 3. The monoisotopic (exact) mass is 321 g/mol. The highest BCUT2D eigenvalue weighted by Crippen LogP contribution is 2.30. The lowest BCUT2D eigenvalue weighted by atomic mass is 9.94. The maximum absolute atomic E-state index is 8.91. The number of ether oxygens (including phenoxy) is 1. The van der Waals surface area contributed by atoms with Crippen LogP contribution in [0.5, 0.6) is 5.75 Å². The summed E-state index contributed by atoms with van der Waals surface area (Å²) < 4.78 is 5.27. The van der Waals surface area contributed by atoms with Crippen LogP contribution in [0.15, 0.2) is 42.5 Å². The summed E-state index contributed by atoms with van der Waals surface area (Å²) in [6.45, 7) is 2.07. The molecule has 0 heterocycles. The lowest BCUT2D eigenvalue weighted by Crippen LogP contribution is -1.92. The zero-order valence-electron chi connectivity index (χ0n) is 12.1. The first kappa shape index (κ1) is 17.4. The third-order valence-electron chi connectivity index (χ3n) is 3.02. The van der Waals surface area contributed by atoms with E-state index < -0.39 is 0 Å². The molecule has 2 aromatic rings. The van der Waals surface area contributed by atoms with Crippen LogP contribution in [-0.2, 0) is 6.42 Å². The quantitative estimate of drug-likeness (QED) is 0.731. The number of nitriles is 1. The molecule has 2 nitrogen and oxygen atoms in total. The number of hydrogen-bond acceptors (Lipinski definition) is 2. The number of hydrogen-bond donors (Lipinski definition) is 0. The molecule has 0 bridgehead atoms. The molecule has 2 rings (SSSR count). The Kier molecular flexibility index (Phi) is 7.68. The number of alkyl halides is 2. The molecule has 0 atom stereocenters. The van der Waals surface area contributed by atoms with Crippen molar-refractivity contribution in [2.24, 2.45) is 0 Å². The summed E-state index contributed by atoms with van der Waals surface area (Å²) in [6.07, 6.45) is 0.410. The van der Waals surface area contributed by atoms with Crippen LogP contribution >= 0.6 is 23.2 Å². The van der Waals surface area contributed by atoms with E-state index in [0.717, 1.165) is 22.4 Å². The molecule has 0 aliphatic carbocycles. The summed E-state index contributed by atoms with van der Waals surface area (Å²) in [5, 5.41) is 9.10. The predicted molar refractivity (Wildman–Crippen MR) is 89.1 cm³/mol. The first-order valence-corrected chi connectivity index (χ1v) is 7.46. The van der Waals surface area contributed by atoms with Crippen molar-refractivity contribution in [1.29, 1.82) is 5.26 Å². The van der Waals surface area contributed by atoms with Crippen molar-refractivity contribution >= 4 is 23.2 Å². The van der Waals surface area contributed by atoms with Crippen molar-refractivity contribution in [1.82, 2.24) is 0 Å². The molecule has 0 saturated heterocycles. The summed E-state index contributed by atoms with van der Waals surface area (Å²) >= 11 is 9.53. The van der Waals surface area contributed by atoms with Crippen LogP contribution in [-0.4, -0.2) is 12.4 Å². The molecule has 0 aliphatic rings. The number of aryl methyl sites for hydroxylation is 1. The molecule has 110 valence electrons. The van der Waals surface area contributed by atoms with Gasteiger partial charge < -0.3 is 4.74 Å². The van der Waals surface area contributed by atoms with Crippen LogP contribution in [0.3, 0.4) is 0 Å². The molecule has 0 unspecified atom stereocenters. The van der Waals surface area contributed by atoms with Gasteiger partial charge in [0.25, 0.3) is 0 Å². The van der Waals surface area contributed by atoms with E-state index in [4.69, 9.17) is 33.2 Å². The van der Waals surface area contributed by atoms with Crippen molar-refractivity contribution in [2.45, 2.75) is 13.3 Å². The topological polar surface area (TPSA) is 33.0 Å². The highest BCUT2D eigenvalue weighted by Gasteiger charge is 2.08. The van der Waals surface area contributed by atoms with Crippen molar-refractivity contribution < 1.29 is 4.74 Å². The van der Waals surface area contributed by atoms with Gasteiger partial charge in [-0.05, 0) is 41.3 Å². The lowest BCUT2D eigenvalue weighted by Gasteiger charge is -2.12. The fourth-order valence-electron chi connectivity index (χ4n) is 2.05. The van der Waals surface area contributed by atoms with E-state index in [-0.39, 0.29) is 5.34 Å². The zero-order valence-corrected chi connectivity index (χ0v) is 13.6. The van der Waals surface area contributed by atoms with Crippen LogP contribution in [0.2, 0.25) is 0 Å². The Morgan fingerprint density at radius 1 is 1.10 bits per heavy atom. The fraction of sp³-hybridized carbons (Fsp3) is 0.235. The molecule has 0 N–H and O–H groups in total. The highest BCUT2D eigenvalue weighted by atomic mass is 35.5.